The minimum Gasteiger partial charge on any atom is -0.370 e. The summed E-state index contributed by atoms with van der Waals surface area (Å²) in [7, 11) is 3.29. The minimum atomic E-state index is -3.02. The highest BCUT2D eigenvalue weighted by Gasteiger charge is 2.53. The van der Waals surface area contributed by atoms with Crippen LogP contribution in [-0.4, -0.2) is 271 Å². The highest BCUT2D eigenvalue weighted by atomic mass is 32.2. The van der Waals surface area contributed by atoms with Gasteiger partial charge in [-0.25, -0.2) is 8.42 Å². The van der Waals surface area contributed by atoms with Crippen molar-refractivity contribution < 1.29 is 17.9 Å². The summed E-state index contributed by atoms with van der Waals surface area (Å²) in [5.41, 5.74) is 6.52. The molecule has 0 aromatic rings. The van der Waals surface area contributed by atoms with E-state index < -0.39 is 10.0 Å². The van der Waals surface area contributed by atoms with Crippen molar-refractivity contribution in [2.45, 2.75) is 169 Å². The van der Waals surface area contributed by atoms with Crippen LogP contribution in [0, 0.1) is 29.1 Å². The van der Waals surface area contributed by atoms with E-state index in [-0.39, 0.29) is 55.7 Å². The van der Waals surface area contributed by atoms with Gasteiger partial charge >= 0.3 is 0 Å². The molecule has 4 atom stereocenters. The van der Waals surface area contributed by atoms with Gasteiger partial charge in [0.15, 0.2) is 0 Å². The normalized spacial score (nSPS) is 27.0. The summed E-state index contributed by atoms with van der Waals surface area (Å²) in [5.74, 6) is 2.96. The van der Waals surface area contributed by atoms with Gasteiger partial charge in [-0.1, -0.05) is 72.3 Å². The van der Waals surface area contributed by atoms with Crippen molar-refractivity contribution in [3.05, 3.63) is 0 Å². The highest BCUT2D eigenvalue weighted by Crippen LogP contribution is 2.44. The number of carbonyl (C=O) groups is 1. The van der Waals surface area contributed by atoms with E-state index in [2.05, 4.69) is 114 Å². The maximum Gasteiger partial charge on any atom is 0.225 e. The number of piperazine rings is 3. The Hall–Kier alpha value is -1.06. The molecule has 448 valence electrons. The first-order valence-corrected chi connectivity index (χ1v) is 28.5. The number of amides is 1. The van der Waals surface area contributed by atoms with Crippen LogP contribution in [0.4, 0.5) is 0 Å². The Labute approximate surface area is 462 Å². The number of likely N-dealkylation sites (N-methyl/N-ethyl adjacent to an activating group) is 3. The van der Waals surface area contributed by atoms with Crippen LogP contribution in [0.15, 0.2) is 0 Å². The molecule has 9 rings (SSSR count). The first kappa shape index (κ1) is 77.2. The van der Waals surface area contributed by atoms with E-state index in [1.807, 2.05) is 25.8 Å². The number of piperidine rings is 1. The van der Waals surface area contributed by atoms with Crippen LogP contribution in [0.2, 0.25) is 0 Å². The SMILES string of the molecule is C.C.C.C.C.C.CC(C)C(=O)N1CCN(C)CC1.CC(C)CN1CCN(C)CC1.CC(C)N1CC2(CNC2)C1.CC(C)N1CC2C(N)C2C1.CC(C)N1CC2CNCC(C1)O2.CC(C)S(=O)(=O)N1CCN(C)CC1. The molecule has 1 saturated carbocycles. The Balaban J connectivity index is -0.000000806. The lowest BCUT2D eigenvalue weighted by Gasteiger charge is -2.57. The van der Waals surface area contributed by atoms with Gasteiger partial charge in [0.25, 0.3) is 0 Å². The molecule has 0 aromatic carbocycles. The van der Waals surface area contributed by atoms with E-state index in [1.165, 1.54) is 72.0 Å². The number of carbonyl (C=O) groups excluding carboxylic acids is 1. The van der Waals surface area contributed by atoms with Crippen LogP contribution < -0.4 is 16.4 Å². The fraction of sp³-hybridized carbons (Fsp3) is 0.982. The number of hydrogen-bond acceptors (Lipinski definition) is 14. The van der Waals surface area contributed by atoms with E-state index in [4.69, 9.17) is 10.5 Å². The van der Waals surface area contributed by atoms with E-state index in [0.717, 1.165) is 95.3 Å². The maximum atomic E-state index is 11.7. The topological polar surface area (TPSA) is 140 Å². The van der Waals surface area contributed by atoms with Gasteiger partial charge in [-0.05, 0) is 94.3 Å². The summed E-state index contributed by atoms with van der Waals surface area (Å²) >= 11 is 0. The van der Waals surface area contributed by atoms with Crippen molar-refractivity contribution >= 4 is 15.9 Å². The fourth-order valence-electron chi connectivity index (χ4n) is 10.2. The molecule has 8 heterocycles. The number of hydrogen-bond donors (Lipinski definition) is 3. The van der Waals surface area contributed by atoms with Crippen molar-refractivity contribution in [3.8, 4) is 0 Å². The molecule has 2 bridgehead atoms. The third kappa shape index (κ3) is 24.5. The molecule has 1 aliphatic carbocycles. The van der Waals surface area contributed by atoms with Crippen LogP contribution >= 0.6 is 0 Å². The van der Waals surface area contributed by atoms with E-state index in [1.54, 1.807) is 18.2 Å². The Morgan fingerprint density at radius 3 is 1.31 bits per heavy atom. The molecule has 1 spiro atoms. The number of nitrogens with two attached hydrogens (primary N) is 1. The molecular formula is C57H130N12O4S. The monoisotopic (exact) mass is 1080 g/mol. The van der Waals surface area contributed by atoms with Crippen LogP contribution in [0.25, 0.3) is 0 Å². The van der Waals surface area contributed by atoms with E-state index >= 15 is 0 Å². The van der Waals surface area contributed by atoms with Gasteiger partial charge in [0.05, 0.1) is 17.5 Å². The van der Waals surface area contributed by atoms with Gasteiger partial charge in [-0.15, -0.1) is 0 Å². The first-order valence-electron chi connectivity index (χ1n) is 27.0. The first-order chi connectivity index (χ1) is 31.9. The van der Waals surface area contributed by atoms with Gasteiger partial charge in [-0.3, -0.25) is 14.6 Å². The van der Waals surface area contributed by atoms with Crippen molar-refractivity contribution in [2.24, 2.45) is 34.8 Å². The number of nitrogens with zero attached hydrogens (tertiary/aromatic N) is 9. The largest absolute Gasteiger partial charge is 0.370 e. The number of likely N-dealkylation sites (tertiary alicyclic amines) is 2. The second-order valence-electron chi connectivity index (χ2n) is 23.7. The third-order valence-corrected chi connectivity index (χ3v) is 17.8. The van der Waals surface area contributed by atoms with Gasteiger partial charge < -0.3 is 50.5 Å². The van der Waals surface area contributed by atoms with Crippen LogP contribution in [-0.2, 0) is 19.6 Å². The third-order valence-electron chi connectivity index (χ3n) is 15.5. The summed E-state index contributed by atoms with van der Waals surface area (Å²) in [6, 6.07) is 2.69. The molecule has 4 unspecified atom stereocenters. The number of nitrogens with one attached hydrogen (secondary N) is 2. The average molecular weight is 1080 g/mol. The zero-order valence-electron chi connectivity index (χ0n) is 46.3. The molecule has 4 N–H and O–H groups in total. The summed E-state index contributed by atoms with van der Waals surface area (Å²) in [5, 5.41) is 6.44. The molecule has 8 aliphatic heterocycles. The lowest BCUT2D eigenvalue weighted by molar-refractivity contribution is -0.136. The molecule has 0 radical (unpaired) electrons. The molecule has 0 aromatic heterocycles. The van der Waals surface area contributed by atoms with Gasteiger partial charge in [0.1, 0.15) is 0 Å². The Bertz CT molecular complexity index is 1510. The Morgan fingerprint density at radius 1 is 0.568 bits per heavy atom. The molecule has 17 heteroatoms. The van der Waals surface area contributed by atoms with Gasteiger partial charge in [0.2, 0.25) is 15.9 Å². The molecule has 9 fully saturated rings. The molecule has 8 saturated heterocycles. The van der Waals surface area contributed by atoms with Crippen molar-refractivity contribution in [2.75, 3.05) is 172 Å². The zero-order chi connectivity index (χ0) is 50.5. The summed E-state index contributed by atoms with van der Waals surface area (Å²) in [6.45, 7) is 50.5. The zero-order valence-corrected chi connectivity index (χ0v) is 47.1. The van der Waals surface area contributed by atoms with Crippen molar-refractivity contribution in [1.29, 1.82) is 0 Å². The fourth-order valence-corrected chi connectivity index (χ4v) is 11.5. The second kappa shape index (κ2) is 36.2. The maximum absolute atomic E-state index is 11.7. The summed E-state index contributed by atoms with van der Waals surface area (Å²) in [6.07, 6.45) is 0.861. The predicted molar refractivity (Wildman–Crippen MR) is 323 cm³/mol. The number of ether oxygens (including phenoxy) is 1. The molecule has 16 nitrogen and oxygen atoms in total. The van der Waals surface area contributed by atoms with Crippen molar-refractivity contribution in [3.63, 3.8) is 0 Å². The van der Waals surface area contributed by atoms with Crippen LogP contribution in [0.1, 0.15) is 128 Å². The minimum absolute atomic E-state index is 0. The van der Waals surface area contributed by atoms with Crippen LogP contribution in [0.3, 0.4) is 0 Å². The summed E-state index contributed by atoms with van der Waals surface area (Å²) in [4.78, 5) is 30.4. The standard InChI is InChI=1S/2C9H18N2O.C9H20N2.C8H18N2O2S.2C8H16N2.6CH4/c1-7(2)11-5-8-3-10-4-9(6-11)12-8;1-8(2)9(12)11-6-4-10(3)5-7-11;1-9(2)8-11-6-4-10(3)5-7-11;1-8(2)13(11,12)10-6-4-9(3)5-7-10;1-7(2)10-5-8(6-10)3-9-4-8;1-5(2)10-3-6-7(4-10)8(6)9;;;;;;/h7-10H,3-6H2,1-2H3;8H,4-7H2,1-3H3;9H,4-8H2,1-3H3;8H,4-7H2,1-3H3;7,9H,3-6H2,1-2H3;5-8H,3-4,9H2,1-2H3;6*1H4. The average Bonchev–Trinajstić information content (AvgIpc) is 3.60. The molecular weight excluding hydrogens is 949 g/mol. The van der Waals surface area contributed by atoms with E-state index in [9.17, 15) is 13.2 Å². The smallest absolute Gasteiger partial charge is 0.225 e. The van der Waals surface area contributed by atoms with E-state index in [0.29, 0.717) is 48.7 Å². The van der Waals surface area contributed by atoms with Crippen LogP contribution in [0.5, 0.6) is 0 Å². The molecule has 74 heavy (non-hydrogen) atoms. The van der Waals surface area contributed by atoms with Gasteiger partial charge in [0, 0.05) is 186 Å². The lowest BCUT2D eigenvalue weighted by Crippen LogP contribution is -2.72. The Morgan fingerprint density at radius 2 is 0.959 bits per heavy atom. The number of rotatable bonds is 8. The van der Waals surface area contributed by atoms with Crippen molar-refractivity contribution in [1.82, 2.24) is 54.1 Å². The van der Waals surface area contributed by atoms with Gasteiger partial charge in [-0.2, -0.15) is 4.31 Å². The lowest BCUT2D eigenvalue weighted by atomic mass is 9.74. The second-order valence-corrected chi connectivity index (χ2v) is 26.2. The highest BCUT2D eigenvalue weighted by molar-refractivity contribution is 7.89. The Kier molecular flexibility index (Phi) is 37.8. The molecule has 9 aliphatic rings. The summed E-state index contributed by atoms with van der Waals surface area (Å²) < 4.78 is 30.8. The predicted octanol–water partition coefficient (Wildman–Crippen LogP) is 5.75. The number of morpholine rings is 2. The quantitative estimate of drug-likeness (QED) is 0.272. The number of fused-ring (bicyclic) bond motifs is 3. The molecule has 1 amide bonds. The number of sulfonamides is 1.